The van der Waals surface area contributed by atoms with Crippen molar-refractivity contribution in [1.29, 1.82) is 0 Å². The zero-order chi connectivity index (χ0) is 32.4. The summed E-state index contributed by atoms with van der Waals surface area (Å²) in [5, 5.41) is 3.30. The maximum Gasteiger partial charge on any atom is 0.257 e. The minimum Gasteiger partial charge on any atom is -0.490 e. The second-order valence-corrected chi connectivity index (χ2v) is 11.6. The van der Waals surface area contributed by atoms with Gasteiger partial charge in [-0.3, -0.25) is 4.79 Å². The van der Waals surface area contributed by atoms with Crippen LogP contribution in [0.25, 0.3) is 0 Å². The fraction of sp³-hybridized carbons (Fsp3) is 0.514. The SMILES string of the molecule is C=C/C(OC1CC2(C1)CN(c1ncncc1Oc1ccc(F)cc1C(=O)N(CC)C(C)C)C2)=C1/CNCC1=C.CC.CCC. The van der Waals surface area contributed by atoms with Crippen LogP contribution in [-0.2, 0) is 4.74 Å². The predicted octanol–water partition coefficient (Wildman–Crippen LogP) is 7.31. The summed E-state index contributed by atoms with van der Waals surface area (Å²) in [5.74, 6) is 1.41. The van der Waals surface area contributed by atoms with Crippen molar-refractivity contribution >= 4 is 11.7 Å². The van der Waals surface area contributed by atoms with Gasteiger partial charge in [0, 0.05) is 49.8 Å². The molecule has 1 aliphatic carbocycles. The number of nitrogens with one attached hydrogen (secondary N) is 1. The molecule has 3 aliphatic rings. The number of rotatable bonds is 9. The van der Waals surface area contributed by atoms with Crippen molar-refractivity contribution in [1.82, 2.24) is 20.2 Å². The van der Waals surface area contributed by atoms with Gasteiger partial charge >= 0.3 is 0 Å². The average molecular weight is 608 g/mol. The van der Waals surface area contributed by atoms with E-state index in [1.807, 2.05) is 34.6 Å². The van der Waals surface area contributed by atoms with Crippen LogP contribution in [0.1, 0.15) is 78.1 Å². The van der Waals surface area contributed by atoms with Gasteiger partial charge in [-0.2, -0.15) is 0 Å². The molecule has 1 saturated carbocycles. The van der Waals surface area contributed by atoms with E-state index < -0.39 is 5.82 Å². The van der Waals surface area contributed by atoms with E-state index in [0.717, 1.165) is 55.9 Å². The lowest BCUT2D eigenvalue weighted by Gasteiger charge is -2.59. The summed E-state index contributed by atoms with van der Waals surface area (Å²) in [5.41, 5.74) is 2.51. The molecule has 44 heavy (non-hydrogen) atoms. The third-order valence-corrected chi connectivity index (χ3v) is 7.79. The molecule has 2 saturated heterocycles. The number of aromatic nitrogens is 2. The van der Waals surface area contributed by atoms with Crippen molar-refractivity contribution in [2.75, 3.05) is 37.6 Å². The molecular weight excluding hydrogens is 557 g/mol. The zero-order valence-corrected chi connectivity index (χ0v) is 27.6. The Labute approximate surface area is 263 Å². The van der Waals surface area contributed by atoms with Gasteiger partial charge < -0.3 is 24.6 Å². The van der Waals surface area contributed by atoms with Crippen LogP contribution in [0.2, 0.25) is 0 Å². The summed E-state index contributed by atoms with van der Waals surface area (Å²) >= 11 is 0. The lowest BCUT2D eigenvalue weighted by molar-refractivity contribution is -0.0644. The summed E-state index contributed by atoms with van der Waals surface area (Å²) < 4.78 is 26.6. The van der Waals surface area contributed by atoms with Crippen molar-refractivity contribution in [3.8, 4) is 11.5 Å². The van der Waals surface area contributed by atoms with E-state index in [9.17, 15) is 9.18 Å². The number of hydrogen-bond donors (Lipinski definition) is 1. The maximum atomic E-state index is 14.2. The number of benzene rings is 1. The third-order valence-electron chi connectivity index (χ3n) is 7.79. The predicted molar refractivity (Wildman–Crippen MR) is 176 cm³/mol. The van der Waals surface area contributed by atoms with Crippen LogP contribution in [0.5, 0.6) is 11.5 Å². The molecule has 0 bridgehead atoms. The molecule has 1 amide bonds. The smallest absolute Gasteiger partial charge is 0.257 e. The molecule has 9 heteroatoms. The Balaban J connectivity index is 0.000000997. The van der Waals surface area contributed by atoms with Gasteiger partial charge in [0.1, 0.15) is 29.8 Å². The quantitative estimate of drug-likeness (QED) is 0.300. The second kappa shape index (κ2) is 15.8. The highest BCUT2D eigenvalue weighted by molar-refractivity contribution is 5.97. The summed E-state index contributed by atoms with van der Waals surface area (Å²) in [4.78, 5) is 25.7. The van der Waals surface area contributed by atoms with E-state index in [1.54, 1.807) is 17.2 Å². The number of carbonyl (C=O) groups excluding carboxylic acids is 1. The van der Waals surface area contributed by atoms with Crippen molar-refractivity contribution in [3.05, 3.63) is 78.2 Å². The Morgan fingerprint density at radius 3 is 2.45 bits per heavy atom. The molecule has 1 aromatic carbocycles. The Morgan fingerprint density at radius 2 is 1.89 bits per heavy atom. The number of anilines is 1. The first-order valence-corrected chi connectivity index (χ1v) is 15.9. The summed E-state index contributed by atoms with van der Waals surface area (Å²) in [6, 6.07) is 3.97. The Kier molecular flexibility index (Phi) is 12.5. The first-order valence-electron chi connectivity index (χ1n) is 15.9. The molecule has 0 radical (unpaired) electrons. The molecule has 1 spiro atoms. The molecule has 0 atom stereocenters. The van der Waals surface area contributed by atoms with Gasteiger partial charge in [-0.15, -0.1) is 0 Å². The molecule has 3 heterocycles. The van der Waals surface area contributed by atoms with Gasteiger partial charge in [-0.25, -0.2) is 14.4 Å². The first-order chi connectivity index (χ1) is 21.1. The Bertz CT molecular complexity index is 1330. The summed E-state index contributed by atoms with van der Waals surface area (Å²) in [7, 11) is 0. The van der Waals surface area contributed by atoms with Gasteiger partial charge in [-0.1, -0.05) is 47.3 Å². The number of halogens is 1. The molecule has 2 aromatic rings. The molecule has 240 valence electrons. The van der Waals surface area contributed by atoms with Crippen molar-refractivity contribution in [3.63, 3.8) is 0 Å². The van der Waals surface area contributed by atoms with Crippen LogP contribution < -0.4 is 15.0 Å². The molecule has 0 unspecified atom stereocenters. The molecular formula is C35H50FN5O3. The topological polar surface area (TPSA) is 79.8 Å². The highest BCUT2D eigenvalue weighted by Crippen LogP contribution is 2.52. The number of amides is 1. The average Bonchev–Trinajstić information content (AvgIpc) is 3.40. The van der Waals surface area contributed by atoms with Crippen LogP contribution in [0, 0.1) is 11.2 Å². The molecule has 2 aliphatic heterocycles. The van der Waals surface area contributed by atoms with E-state index in [2.05, 4.69) is 47.2 Å². The van der Waals surface area contributed by atoms with E-state index in [0.29, 0.717) is 18.1 Å². The minimum atomic E-state index is -0.495. The van der Waals surface area contributed by atoms with Crippen LogP contribution in [-0.4, -0.2) is 65.6 Å². The van der Waals surface area contributed by atoms with E-state index in [1.165, 1.54) is 30.9 Å². The number of nitrogens with zero attached hydrogens (tertiary/aromatic N) is 4. The van der Waals surface area contributed by atoms with Gasteiger partial charge in [0.2, 0.25) is 0 Å². The minimum absolute atomic E-state index is 0.0331. The third kappa shape index (κ3) is 7.86. The van der Waals surface area contributed by atoms with Crippen molar-refractivity contribution < 1.29 is 18.7 Å². The molecule has 3 fully saturated rings. The standard InChI is InChI=1S/C30H36FN5O3.C3H8.C2H6/c1-6-25(24-14-32-13-20(24)5)38-22-11-30(12-22)16-35(17-30)28-27(15-33-18-34-28)39-26-9-8-21(31)10-23(26)29(37)36(7-2)19(3)4;1-3-2;1-2/h6,8-10,15,18-19,22,32H,1,5,7,11-14,16-17H2,2-4H3;3H2,1-2H3;1-2H3/b25-24+;;. The highest BCUT2D eigenvalue weighted by Gasteiger charge is 2.54. The van der Waals surface area contributed by atoms with Crippen molar-refractivity contribution in [2.45, 2.75) is 79.9 Å². The van der Waals surface area contributed by atoms with Gasteiger partial charge in [0.15, 0.2) is 11.6 Å². The number of carbonyl (C=O) groups is 1. The summed E-state index contributed by atoms with van der Waals surface area (Å²) in [6.45, 7) is 25.7. The molecule has 1 aromatic heterocycles. The van der Waals surface area contributed by atoms with Gasteiger partial charge in [-0.05, 0) is 63.5 Å². The lowest BCUT2D eigenvalue weighted by atomic mass is 9.61. The lowest BCUT2D eigenvalue weighted by Crippen LogP contribution is -2.64. The second-order valence-electron chi connectivity index (χ2n) is 11.6. The van der Waals surface area contributed by atoms with Crippen LogP contribution in [0.3, 0.4) is 0 Å². The number of hydrogen-bond acceptors (Lipinski definition) is 7. The highest BCUT2D eigenvalue weighted by atomic mass is 19.1. The van der Waals surface area contributed by atoms with Crippen LogP contribution in [0.15, 0.2) is 66.9 Å². The number of ether oxygens (including phenoxy) is 2. The normalized spacial score (nSPS) is 17.8. The van der Waals surface area contributed by atoms with Gasteiger partial charge in [0.25, 0.3) is 5.91 Å². The van der Waals surface area contributed by atoms with Crippen molar-refractivity contribution in [2.24, 2.45) is 5.41 Å². The van der Waals surface area contributed by atoms with E-state index in [4.69, 9.17) is 9.47 Å². The largest absolute Gasteiger partial charge is 0.490 e. The fourth-order valence-electron chi connectivity index (χ4n) is 5.81. The maximum absolute atomic E-state index is 14.2. The van der Waals surface area contributed by atoms with Gasteiger partial charge in [0.05, 0.1) is 11.8 Å². The Morgan fingerprint density at radius 1 is 1.20 bits per heavy atom. The van der Waals surface area contributed by atoms with Crippen LogP contribution in [0.4, 0.5) is 10.2 Å². The fourth-order valence-corrected chi connectivity index (χ4v) is 5.81. The molecule has 8 nitrogen and oxygen atoms in total. The van der Waals surface area contributed by atoms with E-state index in [-0.39, 0.29) is 34.8 Å². The first kappa shape index (κ1) is 34.8. The van der Waals surface area contributed by atoms with E-state index >= 15 is 0 Å². The molecule has 1 N–H and O–H groups in total. The molecule has 5 rings (SSSR count). The van der Waals surface area contributed by atoms with Crippen LogP contribution >= 0.6 is 0 Å². The zero-order valence-electron chi connectivity index (χ0n) is 27.6. The monoisotopic (exact) mass is 607 g/mol. The Hall–Kier alpha value is -3.72. The summed E-state index contributed by atoms with van der Waals surface area (Å²) in [6.07, 6.45) is 8.16. The number of allylic oxidation sites excluding steroid dienone is 1.